The molecule has 0 radical (unpaired) electrons. The van der Waals surface area contributed by atoms with E-state index in [-0.39, 0.29) is 0 Å². The zero-order chi connectivity index (χ0) is 10.7. The average Bonchev–Trinajstić information content (AvgIpc) is 2.76. The predicted octanol–water partition coefficient (Wildman–Crippen LogP) is 1.53. The van der Waals surface area contributed by atoms with Crippen molar-refractivity contribution in [3.8, 4) is 0 Å². The predicted molar refractivity (Wildman–Crippen MR) is 63.9 cm³/mol. The van der Waals surface area contributed by atoms with Crippen molar-refractivity contribution in [3.63, 3.8) is 0 Å². The second-order valence-electron chi connectivity index (χ2n) is 4.69. The number of nitrogens with one attached hydrogen (secondary N) is 1. The molecular formula is C11H19N3S. The molecule has 84 valence electrons. The molecule has 0 spiro atoms. The van der Waals surface area contributed by atoms with E-state index in [1.54, 1.807) is 11.3 Å². The molecular weight excluding hydrogens is 206 g/mol. The third-order valence-electron chi connectivity index (χ3n) is 2.92. The molecule has 15 heavy (non-hydrogen) atoms. The number of aromatic nitrogens is 1. The van der Waals surface area contributed by atoms with E-state index in [1.165, 1.54) is 12.8 Å². The van der Waals surface area contributed by atoms with Gasteiger partial charge in [-0.1, -0.05) is 6.92 Å². The zero-order valence-electron chi connectivity index (χ0n) is 9.25. The van der Waals surface area contributed by atoms with Crippen LogP contribution >= 0.6 is 11.3 Å². The SMILES string of the molecule is CC1(CNCc2csc(CCN)n2)CC1. The van der Waals surface area contributed by atoms with Crippen molar-refractivity contribution in [1.82, 2.24) is 10.3 Å². The minimum absolute atomic E-state index is 0.579. The first kappa shape index (κ1) is 11.0. The Kier molecular flexibility index (Phi) is 3.38. The average molecular weight is 225 g/mol. The maximum atomic E-state index is 5.49. The Morgan fingerprint density at radius 1 is 1.60 bits per heavy atom. The van der Waals surface area contributed by atoms with Gasteiger partial charge in [-0.3, -0.25) is 0 Å². The second kappa shape index (κ2) is 4.60. The van der Waals surface area contributed by atoms with E-state index >= 15 is 0 Å². The number of hydrogen-bond donors (Lipinski definition) is 2. The first-order valence-corrected chi connectivity index (χ1v) is 6.44. The fourth-order valence-electron chi connectivity index (χ4n) is 1.55. The second-order valence-corrected chi connectivity index (χ2v) is 5.63. The van der Waals surface area contributed by atoms with E-state index in [9.17, 15) is 0 Å². The highest BCUT2D eigenvalue weighted by molar-refractivity contribution is 7.09. The summed E-state index contributed by atoms with van der Waals surface area (Å²) in [5, 5.41) is 6.76. The maximum absolute atomic E-state index is 5.49. The molecule has 1 aromatic rings. The van der Waals surface area contributed by atoms with Crippen molar-refractivity contribution in [2.45, 2.75) is 32.7 Å². The van der Waals surface area contributed by atoms with Crippen molar-refractivity contribution in [1.29, 1.82) is 0 Å². The highest BCUT2D eigenvalue weighted by Crippen LogP contribution is 2.44. The van der Waals surface area contributed by atoms with Gasteiger partial charge in [0.15, 0.2) is 0 Å². The number of nitrogens with zero attached hydrogens (tertiary/aromatic N) is 1. The molecule has 2 rings (SSSR count). The van der Waals surface area contributed by atoms with Gasteiger partial charge in [0.2, 0.25) is 0 Å². The largest absolute Gasteiger partial charge is 0.330 e. The highest BCUT2D eigenvalue weighted by atomic mass is 32.1. The molecule has 1 fully saturated rings. The number of nitrogens with two attached hydrogens (primary N) is 1. The van der Waals surface area contributed by atoms with Crippen molar-refractivity contribution >= 4 is 11.3 Å². The van der Waals surface area contributed by atoms with Gasteiger partial charge >= 0.3 is 0 Å². The van der Waals surface area contributed by atoms with Crippen LogP contribution in [0.25, 0.3) is 0 Å². The fourth-order valence-corrected chi connectivity index (χ4v) is 2.36. The van der Waals surface area contributed by atoms with Crippen molar-refractivity contribution in [3.05, 3.63) is 16.1 Å². The lowest BCUT2D eigenvalue weighted by Crippen LogP contribution is -2.21. The summed E-state index contributed by atoms with van der Waals surface area (Å²) in [6.45, 7) is 5.05. The Morgan fingerprint density at radius 3 is 3.07 bits per heavy atom. The molecule has 3 nitrogen and oxygen atoms in total. The fraction of sp³-hybridized carbons (Fsp3) is 0.727. The van der Waals surface area contributed by atoms with E-state index in [2.05, 4.69) is 22.6 Å². The molecule has 1 aromatic heterocycles. The lowest BCUT2D eigenvalue weighted by atomic mass is 10.1. The Morgan fingerprint density at radius 2 is 2.40 bits per heavy atom. The van der Waals surface area contributed by atoms with Crippen LogP contribution in [0.15, 0.2) is 5.38 Å². The number of rotatable bonds is 6. The van der Waals surface area contributed by atoms with Crippen LogP contribution in [0.4, 0.5) is 0 Å². The van der Waals surface area contributed by atoms with E-state index in [4.69, 9.17) is 5.73 Å². The molecule has 1 aliphatic rings. The number of hydrogen-bond acceptors (Lipinski definition) is 4. The van der Waals surface area contributed by atoms with E-state index in [0.29, 0.717) is 12.0 Å². The normalized spacial score (nSPS) is 18.0. The first-order chi connectivity index (χ1) is 7.22. The van der Waals surface area contributed by atoms with Gasteiger partial charge in [0.1, 0.15) is 0 Å². The molecule has 0 aliphatic heterocycles. The van der Waals surface area contributed by atoms with E-state index in [0.717, 1.165) is 30.2 Å². The summed E-state index contributed by atoms with van der Waals surface area (Å²) in [7, 11) is 0. The molecule has 4 heteroatoms. The van der Waals surface area contributed by atoms with Crippen LogP contribution in [-0.4, -0.2) is 18.1 Å². The van der Waals surface area contributed by atoms with Crippen molar-refractivity contribution in [2.24, 2.45) is 11.1 Å². The number of thiazole rings is 1. The van der Waals surface area contributed by atoms with Gasteiger partial charge in [-0.05, 0) is 24.8 Å². The lowest BCUT2D eigenvalue weighted by molar-refractivity contribution is 0.497. The minimum atomic E-state index is 0.579. The maximum Gasteiger partial charge on any atom is 0.0941 e. The summed E-state index contributed by atoms with van der Waals surface area (Å²) in [5.41, 5.74) is 7.23. The molecule has 1 heterocycles. The van der Waals surface area contributed by atoms with Crippen LogP contribution in [0.3, 0.4) is 0 Å². The summed E-state index contributed by atoms with van der Waals surface area (Å²) in [4.78, 5) is 4.52. The van der Waals surface area contributed by atoms with Gasteiger partial charge in [-0.25, -0.2) is 4.98 Å². The summed E-state index contributed by atoms with van der Waals surface area (Å²) >= 11 is 1.72. The lowest BCUT2D eigenvalue weighted by Gasteiger charge is -2.08. The Labute approximate surface area is 95.1 Å². The van der Waals surface area contributed by atoms with Gasteiger partial charge in [-0.2, -0.15) is 0 Å². The summed E-state index contributed by atoms with van der Waals surface area (Å²) in [5.74, 6) is 0. The van der Waals surface area contributed by atoms with Gasteiger partial charge in [0.25, 0.3) is 0 Å². The smallest absolute Gasteiger partial charge is 0.0941 e. The Bertz CT molecular complexity index is 317. The molecule has 0 atom stereocenters. The summed E-state index contributed by atoms with van der Waals surface area (Å²) in [6.07, 6.45) is 3.65. The van der Waals surface area contributed by atoms with Crippen LogP contribution < -0.4 is 11.1 Å². The Hall–Kier alpha value is -0.450. The minimum Gasteiger partial charge on any atom is -0.330 e. The monoisotopic (exact) mass is 225 g/mol. The van der Waals surface area contributed by atoms with Crippen molar-refractivity contribution < 1.29 is 0 Å². The highest BCUT2D eigenvalue weighted by Gasteiger charge is 2.36. The molecule has 1 aliphatic carbocycles. The van der Waals surface area contributed by atoms with E-state index < -0.39 is 0 Å². The molecule has 1 saturated carbocycles. The van der Waals surface area contributed by atoms with Gasteiger partial charge in [0.05, 0.1) is 10.7 Å². The van der Waals surface area contributed by atoms with E-state index in [1.807, 2.05) is 0 Å². The summed E-state index contributed by atoms with van der Waals surface area (Å²) in [6, 6.07) is 0. The molecule has 0 saturated heterocycles. The zero-order valence-corrected chi connectivity index (χ0v) is 10.1. The van der Waals surface area contributed by atoms with Gasteiger partial charge < -0.3 is 11.1 Å². The topological polar surface area (TPSA) is 50.9 Å². The van der Waals surface area contributed by atoms with Crippen molar-refractivity contribution in [2.75, 3.05) is 13.1 Å². The molecule has 3 N–H and O–H groups in total. The third-order valence-corrected chi connectivity index (χ3v) is 3.88. The quantitative estimate of drug-likeness (QED) is 0.772. The molecule has 0 unspecified atom stereocenters. The van der Waals surface area contributed by atoms with Crippen LogP contribution in [0.2, 0.25) is 0 Å². The van der Waals surface area contributed by atoms with Crippen LogP contribution in [0, 0.1) is 5.41 Å². The van der Waals surface area contributed by atoms with Crippen LogP contribution in [0.1, 0.15) is 30.5 Å². The van der Waals surface area contributed by atoms with Crippen LogP contribution in [-0.2, 0) is 13.0 Å². The Balaban J connectivity index is 1.73. The summed E-state index contributed by atoms with van der Waals surface area (Å²) < 4.78 is 0. The van der Waals surface area contributed by atoms with Gasteiger partial charge in [-0.15, -0.1) is 11.3 Å². The first-order valence-electron chi connectivity index (χ1n) is 5.56. The standard InChI is InChI=1S/C11H19N3S/c1-11(3-4-11)8-13-6-9-7-15-10(14-9)2-5-12/h7,13H,2-6,8,12H2,1H3. The molecule has 0 aromatic carbocycles. The van der Waals surface area contributed by atoms with Gasteiger partial charge in [0, 0.05) is 24.9 Å². The molecule has 0 bridgehead atoms. The third kappa shape index (κ3) is 3.26. The van der Waals surface area contributed by atoms with Crippen LogP contribution in [0.5, 0.6) is 0 Å². The molecule has 0 amide bonds.